The summed E-state index contributed by atoms with van der Waals surface area (Å²) in [4.78, 5) is 12.1. The molecule has 0 heterocycles. The van der Waals surface area contributed by atoms with Crippen molar-refractivity contribution in [3.05, 3.63) is 47.5 Å². The quantitative estimate of drug-likeness (QED) is 0.803. The first kappa shape index (κ1) is 16.7. The van der Waals surface area contributed by atoms with Crippen LogP contribution in [0.5, 0.6) is 11.5 Å². The highest BCUT2D eigenvalue weighted by Crippen LogP contribution is 2.28. The zero-order valence-electron chi connectivity index (χ0n) is 13.7. The topological polar surface area (TPSA) is 73.6 Å². The van der Waals surface area contributed by atoms with E-state index in [1.165, 1.54) is 0 Å². The van der Waals surface area contributed by atoms with Crippen molar-refractivity contribution in [2.24, 2.45) is 0 Å². The van der Waals surface area contributed by atoms with Crippen LogP contribution in [0.4, 0.5) is 11.4 Å². The first-order valence-corrected chi connectivity index (χ1v) is 7.40. The molecule has 0 bridgehead atoms. The number of nitrogens with two attached hydrogens (primary N) is 1. The molecular weight excluding hydrogens is 292 g/mol. The number of benzene rings is 2. The van der Waals surface area contributed by atoms with Gasteiger partial charge in [0.1, 0.15) is 0 Å². The van der Waals surface area contributed by atoms with Crippen molar-refractivity contribution >= 4 is 17.3 Å². The second-order valence-electron chi connectivity index (χ2n) is 5.31. The first-order valence-electron chi connectivity index (χ1n) is 7.40. The monoisotopic (exact) mass is 314 g/mol. The lowest BCUT2D eigenvalue weighted by Gasteiger charge is -2.10. The van der Waals surface area contributed by atoms with Crippen LogP contribution in [0.2, 0.25) is 0 Å². The van der Waals surface area contributed by atoms with E-state index in [9.17, 15) is 4.79 Å². The van der Waals surface area contributed by atoms with Crippen molar-refractivity contribution in [3.63, 3.8) is 0 Å². The van der Waals surface area contributed by atoms with Gasteiger partial charge in [-0.3, -0.25) is 4.79 Å². The van der Waals surface area contributed by atoms with Crippen molar-refractivity contribution in [3.8, 4) is 11.5 Å². The average Bonchev–Trinajstić information content (AvgIpc) is 2.56. The highest BCUT2D eigenvalue weighted by Gasteiger charge is 2.08. The van der Waals surface area contributed by atoms with Gasteiger partial charge in [-0.25, -0.2) is 0 Å². The van der Waals surface area contributed by atoms with E-state index in [0.717, 1.165) is 11.1 Å². The molecule has 0 atom stereocenters. The Morgan fingerprint density at radius 3 is 2.48 bits per heavy atom. The minimum atomic E-state index is -0.0527. The van der Waals surface area contributed by atoms with Crippen LogP contribution in [0.15, 0.2) is 36.4 Å². The van der Waals surface area contributed by atoms with Gasteiger partial charge < -0.3 is 20.5 Å². The summed E-state index contributed by atoms with van der Waals surface area (Å²) in [6.45, 7) is 1.93. The molecule has 0 aliphatic heterocycles. The average molecular weight is 314 g/mol. The minimum absolute atomic E-state index is 0.0527. The fourth-order valence-electron chi connectivity index (χ4n) is 2.24. The third kappa shape index (κ3) is 4.39. The molecule has 0 aromatic heterocycles. The number of anilines is 2. The Kier molecular flexibility index (Phi) is 5.46. The van der Waals surface area contributed by atoms with Crippen LogP contribution in [0.1, 0.15) is 17.5 Å². The Balaban J connectivity index is 1.95. The van der Waals surface area contributed by atoms with E-state index in [-0.39, 0.29) is 5.91 Å². The summed E-state index contributed by atoms with van der Waals surface area (Å²) in [5.74, 6) is 1.29. The molecule has 2 aromatic carbocycles. The van der Waals surface area contributed by atoms with Crippen LogP contribution in [0, 0.1) is 6.92 Å². The van der Waals surface area contributed by atoms with E-state index in [2.05, 4.69) is 5.32 Å². The van der Waals surface area contributed by atoms with Gasteiger partial charge in [-0.15, -0.1) is 0 Å². The zero-order chi connectivity index (χ0) is 16.8. The summed E-state index contributed by atoms with van der Waals surface area (Å²) in [7, 11) is 3.19. The standard InChI is InChI=1S/C18H22N2O3/c1-12-4-7-14(11-15(12)19)20-18(21)9-6-13-5-8-16(22-2)17(10-13)23-3/h4-5,7-8,10-11H,6,9,19H2,1-3H3,(H,20,21). The van der Waals surface area contributed by atoms with Gasteiger partial charge in [-0.2, -0.15) is 0 Å². The number of nitrogen functional groups attached to an aromatic ring is 1. The molecule has 2 rings (SSSR count). The smallest absolute Gasteiger partial charge is 0.224 e. The third-order valence-corrected chi connectivity index (χ3v) is 3.65. The molecule has 0 unspecified atom stereocenters. The summed E-state index contributed by atoms with van der Waals surface area (Å²) in [6, 6.07) is 11.2. The number of carbonyl (C=O) groups is 1. The molecule has 0 radical (unpaired) electrons. The number of amides is 1. The molecule has 2 aromatic rings. The molecule has 1 amide bonds. The lowest BCUT2D eigenvalue weighted by Crippen LogP contribution is -2.12. The molecule has 122 valence electrons. The van der Waals surface area contributed by atoms with E-state index in [4.69, 9.17) is 15.2 Å². The summed E-state index contributed by atoms with van der Waals surface area (Å²) in [6.07, 6.45) is 0.997. The molecule has 0 aliphatic carbocycles. The largest absolute Gasteiger partial charge is 0.493 e. The summed E-state index contributed by atoms with van der Waals surface area (Å²) >= 11 is 0. The summed E-state index contributed by atoms with van der Waals surface area (Å²) in [5.41, 5.74) is 9.23. The third-order valence-electron chi connectivity index (χ3n) is 3.65. The zero-order valence-corrected chi connectivity index (χ0v) is 13.7. The number of hydrogen-bond acceptors (Lipinski definition) is 4. The molecule has 0 aliphatic rings. The Bertz CT molecular complexity index is 699. The van der Waals surface area contributed by atoms with E-state index in [1.807, 2.05) is 37.3 Å². The Labute approximate surface area is 136 Å². The van der Waals surface area contributed by atoms with Gasteiger partial charge in [0, 0.05) is 17.8 Å². The van der Waals surface area contributed by atoms with E-state index >= 15 is 0 Å². The highest BCUT2D eigenvalue weighted by molar-refractivity contribution is 5.91. The molecule has 0 saturated carbocycles. The SMILES string of the molecule is COc1ccc(CCC(=O)Nc2ccc(C)c(N)c2)cc1OC. The molecule has 0 fully saturated rings. The minimum Gasteiger partial charge on any atom is -0.493 e. The van der Waals surface area contributed by atoms with Crippen molar-refractivity contribution in [2.75, 3.05) is 25.3 Å². The first-order chi connectivity index (χ1) is 11.0. The van der Waals surface area contributed by atoms with Gasteiger partial charge in [0.25, 0.3) is 0 Å². The van der Waals surface area contributed by atoms with Gasteiger partial charge in [0.15, 0.2) is 11.5 Å². The summed E-state index contributed by atoms with van der Waals surface area (Å²) < 4.78 is 10.5. The summed E-state index contributed by atoms with van der Waals surface area (Å²) in [5, 5.41) is 2.86. The second kappa shape index (κ2) is 7.54. The number of hydrogen-bond donors (Lipinski definition) is 2. The van der Waals surface area contributed by atoms with Crippen LogP contribution >= 0.6 is 0 Å². The molecule has 0 spiro atoms. The molecule has 3 N–H and O–H groups in total. The van der Waals surface area contributed by atoms with Gasteiger partial charge >= 0.3 is 0 Å². The molecule has 5 nitrogen and oxygen atoms in total. The maximum absolute atomic E-state index is 12.1. The molecular formula is C18H22N2O3. The fourth-order valence-corrected chi connectivity index (χ4v) is 2.24. The lowest BCUT2D eigenvalue weighted by atomic mass is 10.1. The van der Waals surface area contributed by atoms with Crippen molar-refractivity contribution in [1.82, 2.24) is 0 Å². The number of methoxy groups -OCH3 is 2. The van der Waals surface area contributed by atoms with E-state index < -0.39 is 0 Å². The molecule has 5 heteroatoms. The highest BCUT2D eigenvalue weighted by atomic mass is 16.5. The van der Waals surface area contributed by atoms with Gasteiger partial charge in [0.2, 0.25) is 5.91 Å². The Hall–Kier alpha value is -2.69. The Morgan fingerprint density at radius 2 is 1.83 bits per heavy atom. The van der Waals surface area contributed by atoms with E-state index in [0.29, 0.717) is 35.7 Å². The number of carbonyl (C=O) groups excluding carboxylic acids is 1. The predicted octanol–water partition coefficient (Wildman–Crippen LogP) is 3.17. The predicted molar refractivity (Wildman–Crippen MR) is 92.1 cm³/mol. The lowest BCUT2D eigenvalue weighted by molar-refractivity contribution is -0.116. The van der Waals surface area contributed by atoms with E-state index in [1.54, 1.807) is 20.3 Å². The van der Waals surface area contributed by atoms with Gasteiger partial charge in [-0.05, 0) is 48.7 Å². The van der Waals surface area contributed by atoms with Gasteiger partial charge in [-0.1, -0.05) is 12.1 Å². The van der Waals surface area contributed by atoms with Crippen LogP contribution in [-0.2, 0) is 11.2 Å². The number of rotatable bonds is 6. The van der Waals surface area contributed by atoms with Crippen molar-refractivity contribution < 1.29 is 14.3 Å². The normalized spacial score (nSPS) is 10.2. The van der Waals surface area contributed by atoms with Crippen LogP contribution in [0.25, 0.3) is 0 Å². The van der Waals surface area contributed by atoms with Crippen LogP contribution in [-0.4, -0.2) is 20.1 Å². The number of nitrogens with one attached hydrogen (secondary N) is 1. The second-order valence-corrected chi connectivity index (χ2v) is 5.31. The Morgan fingerprint density at radius 1 is 1.09 bits per heavy atom. The number of ether oxygens (including phenoxy) is 2. The fraction of sp³-hybridized carbons (Fsp3) is 0.278. The number of aryl methyl sites for hydroxylation is 2. The van der Waals surface area contributed by atoms with Crippen molar-refractivity contribution in [1.29, 1.82) is 0 Å². The molecule has 0 saturated heterocycles. The van der Waals surface area contributed by atoms with Crippen LogP contribution < -0.4 is 20.5 Å². The van der Waals surface area contributed by atoms with Crippen LogP contribution in [0.3, 0.4) is 0 Å². The van der Waals surface area contributed by atoms with Crippen molar-refractivity contribution in [2.45, 2.75) is 19.8 Å². The maximum Gasteiger partial charge on any atom is 0.224 e. The molecule has 23 heavy (non-hydrogen) atoms. The maximum atomic E-state index is 12.1. The van der Waals surface area contributed by atoms with Gasteiger partial charge in [0.05, 0.1) is 14.2 Å².